The van der Waals surface area contributed by atoms with E-state index in [9.17, 15) is 18.4 Å². The molecule has 0 atom stereocenters. The Hall–Kier alpha value is -3.79. The van der Waals surface area contributed by atoms with Crippen LogP contribution < -0.4 is 10.1 Å². The number of nitrogens with zero attached hydrogens (tertiary/aromatic N) is 2. The molecular formula is C26H23F2N3O4S. The highest BCUT2D eigenvalue weighted by Crippen LogP contribution is 2.31. The molecule has 2 amide bonds. The number of ether oxygens (including phenoxy) is 1. The second-order valence-electron chi connectivity index (χ2n) is 8.45. The zero-order chi connectivity index (χ0) is 25.1. The summed E-state index contributed by atoms with van der Waals surface area (Å²) in [7, 11) is 0. The van der Waals surface area contributed by atoms with Gasteiger partial charge in [0.25, 0.3) is 11.8 Å². The van der Waals surface area contributed by atoms with Crippen molar-refractivity contribution in [3.05, 3.63) is 82.0 Å². The Kier molecular flexibility index (Phi) is 6.95. The van der Waals surface area contributed by atoms with Gasteiger partial charge in [-0.3, -0.25) is 9.59 Å². The third-order valence-corrected chi connectivity index (χ3v) is 7.16. The van der Waals surface area contributed by atoms with Crippen molar-refractivity contribution < 1.29 is 27.5 Å². The van der Waals surface area contributed by atoms with Crippen LogP contribution in [0, 0.1) is 0 Å². The number of hydrogen-bond donors (Lipinski definition) is 1. The van der Waals surface area contributed by atoms with Crippen LogP contribution in [0.5, 0.6) is 5.75 Å². The quantitative estimate of drug-likeness (QED) is 0.357. The molecule has 186 valence electrons. The molecule has 1 fully saturated rings. The molecule has 0 unspecified atom stereocenters. The summed E-state index contributed by atoms with van der Waals surface area (Å²) >= 11 is 1.41. The predicted molar refractivity (Wildman–Crippen MR) is 130 cm³/mol. The fraction of sp³-hybridized carbons (Fsp3) is 0.269. The SMILES string of the molecule is O=C(NCc1ccccc1OC(F)F)c1csc(C2CCN(C(=O)c3cc4ccccc4o3)CC2)n1. The summed E-state index contributed by atoms with van der Waals surface area (Å²) in [4.78, 5) is 31.8. The van der Waals surface area contributed by atoms with E-state index in [0.29, 0.717) is 30.0 Å². The minimum atomic E-state index is -2.94. The minimum Gasteiger partial charge on any atom is -0.451 e. The number of halogens is 2. The van der Waals surface area contributed by atoms with Crippen LogP contribution in [0.2, 0.25) is 0 Å². The summed E-state index contributed by atoms with van der Waals surface area (Å²) in [5, 5.41) is 6.15. The second kappa shape index (κ2) is 10.4. The van der Waals surface area contributed by atoms with Crippen molar-refractivity contribution in [2.24, 2.45) is 0 Å². The number of para-hydroxylation sites is 2. The molecule has 0 aliphatic carbocycles. The van der Waals surface area contributed by atoms with Crippen LogP contribution in [0.1, 0.15) is 50.4 Å². The lowest BCUT2D eigenvalue weighted by Gasteiger charge is -2.30. The van der Waals surface area contributed by atoms with Gasteiger partial charge in [-0.05, 0) is 31.0 Å². The van der Waals surface area contributed by atoms with Crippen molar-refractivity contribution in [3.8, 4) is 5.75 Å². The molecule has 0 saturated carbocycles. The Morgan fingerprint density at radius 1 is 1.14 bits per heavy atom. The molecule has 0 bridgehead atoms. The van der Waals surface area contributed by atoms with Gasteiger partial charge < -0.3 is 19.4 Å². The zero-order valence-electron chi connectivity index (χ0n) is 19.2. The summed E-state index contributed by atoms with van der Waals surface area (Å²) in [6.45, 7) is -1.76. The highest BCUT2D eigenvalue weighted by atomic mass is 32.1. The van der Waals surface area contributed by atoms with Crippen molar-refractivity contribution in [3.63, 3.8) is 0 Å². The zero-order valence-corrected chi connectivity index (χ0v) is 20.0. The number of piperidine rings is 1. The number of carbonyl (C=O) groups excluding carboxylic acids is 2. The molecule has 0 spiro atoms. The van der Waals surface area contributed by atoms with Gasteiger partial charge in [0, 0.05) is 41.9 Å². The smallest absolute Gasteiger partial charge is 0.387 e. The topological polar surface area (TPSA) is 84.7 Å². The van der Waals surface area contributed by atoms with Gasteiger partial charge in [0.05, 0.1) is 5.01 Å². The molecule has 1 aliphatic rings. The molecule has 1 N–H and O–H groups in total. The number of aromatic nitrogens is 1. The van der Waals surface area contributed by atoms with Crippen LogP contribution in [0.25, 0.3) is 11.0 Å². The largest absolute Gasteiger partial charge is 0.451 e. The number of carbonyl (C=O) groups is 2. The Bertz CT molecular complexity index is 1350. The maximum absolute atomic E-state index is 12.9. The number of amides is 2. The van der Waals surface area contributed by atoms with E-state index < -0.39 is 6.61 Å². The molecule has 0 radical (unpaired) electrons. The van der Waals surface area contributed by atoms with E-state index in [0.717, 1.165) is 23.2 Å². The molecule has 10 heteroatoms. The number of furan rings is 1. The van der Waals surface area contributed by atoms with Crippen molar-refractivity contribution in [2.75, 3.05) is 13.1 Å². The number of benzene rings is 2. The third-order valence-electron chi connectivity index (χ3n) is 6.15. The van der Waals surface area contributed by atoms with Crippen LogP contribution in [-0.2, 0) is 6.54 Å². The number of nitrogens with one attached hydrogen (secondary N) is 1. The Morgan fingerprint density at radius 2 is 1.89 bits per heavy atom. The lowest BCUT2D eigenvalue weighted by atomic mass is 9.97. The first-order valence-electron chi connectivity index (χ1n) is 11.5. The summed E-state index contributed by atoms with van der Waals surface area (Å²) in [6, 6.07) is 15.6. The van der Waals surface area contributed by atoms with Gasteiger partial charge in [-0.25, -0.2) is 4.98 Å². The Morgan fingerprint density at radius 3 is 2.67 bits per heavy atom. The molecule has 2 aromatic heterocycles. The average Bonchev–Trinajstić information content (AvgIpc) is 3.55. The van der Waals surface area contributed by atoms with Crippen molar-refractivity contribution >= 4 is 34.1 Å². The molecule has 7 nitrogen and oxygen atoms in total. The molecule has 2 aromatic carbocycles. The number of fused-ring (bicyclic) bond motifs is 1. The number of alkyl halides is 2. The van der Waals surface area contributed by atoms with E-state index >= 15 is 0 Å². The highest BCUT2D eigenvalue weighted by molar-refractivity contribution is 7.09. The van der Waals surface area contributed by atoms with Crippen molar-refractivity contribution in [1.82, 2.24) is 15.2 Å². The lowest BCUT2D eigenvalue weighted by molar-refractivity contribution is -0.0504. The van der Waals surface area contributed by atoms with Gasteiger partial charge in [-0.1, -0.05) is 36.4 Å². The number of thiazole rings is 1. The van der Waals surface area contributed by atoms with Crippen LogP contribution in [0.4, 0.5) is 8.78 Å². The number of hydrogen-bond acceptors (Lipinski definition) is 6. The first-order valence-corrected chi connectivity index (χ1v) is 12.4. The first-order chi connectivity index (χ1) is 17.5. The lowest BCUT2D eigenvalue weighted by Crippen LogP contribution is -2.37. The van der Waals surface area contributed by atoms with Crippen LogP contribution in [-0.4, -0.2) is 41.4 Å². The summed E-state index contributed by atoms with van der Waals surface area (Å²) in [6.07, 6.45) is 1.47. The molecule has 1 saturated heterocycles. The minimum absolute atomic E-state index is 0.0238. The van der Waals surface area contributed by atoms with Gasteiger partial charge in [0.2, 0.25) is 0 Å². The Balaban J connectivity index is 1.16. The van der Waals surface area contributed by atoms with E-state index in [1.54, 1.807) is 34.5 Å². The summed E-state index contributed by atoms with van der Waals surface area (Å²) in [5.41, 5.74) is 1.42. The molecule has 1 aliphatic heterocycles. The average molecular weight is 512 g/mol. The van der Waals surface area contributed by atoms with Crippen molar-refractivity contribution in [1.29, 1.82) is 0 Å². The van der Waals surface area contributed by atoms with Gasteiger partial charge in [0.1, 0.15) is 17.0 Å². The third kappa shape index (κ3) is 5.23. The first kappa shape index (κ1) is 23.9. The van der Waals surface area contributed by atoms with Gasteiger partial charge in [-0.2, -0.15) is 8.78 Å². The maximum atomic E-state index is 12.9. The molecule has 36 heavy (non-hydrogen) atoms. The highest BCUT2D eigenvalue weighted by Gasteiger charge is 2.28. The monoisotopic (exact) mass is 511 g/mol. The molecule has 4 aromatic rings. The Labute approximate surface area is 209 Å². The van der Waals surface area contributed by atoms with Gasteiger partial charge in [-0.15, -0.1) is 11.3 Å². The van der Waals surface area contributed by atoms with E-state index in [1.807, 2.05) is 24.3 Å². The number of rotatable bonds is 7. The molecular weight excluding hydrogens is 488 g/mol. The number of likely N-dealkylation sites (tertiary alicyclic amines) is 1. The second-order valence-corrected chi connectivity index (χ2v) is 9.34. The fourth-order valence-electron chi connectivity index (χ4n) is 4.28. The van der Waals surface area contributed by atoms with Gasteiger partial charge in [0.15, 0.2) is 5.76 Å². The van der Waals surface area contributed by atoms with E-state index in [4.69, 9.17) is 4.42 Å². The van der Waals surface area contributed by atoms with Crippen LogP contribution >= 0.6 is 11.3 Å². The van der Waals surface area contributed by atoms with Crippen LogP contribution in [0.15, 0.2) is 64.4 Å². The molecule has 3 heterocycles. The standard InChI is InChI=1S/C26H23F2N3O4S/c27-26(28)35-21-8-4-2-6-18(21)14-29-23(32)19-15-36-24(30-19)16-9-11-31(12-10-16)25(33)22-13-17-5-1-3-7-20(17)34-22/h1-8,13,15-16,26H,9-12,14H2,(H,29,32). The summed E-state index contributed by atoms with van der Waals surface area (Å²) in [5.74, 6) is -0.00245. The van der Waals surface area contributed by atoms with E-state index in [2.05, 4.69) is 15.0 Å². The van der Waals surface area contributed by atoms with E-state index in [-0.39, 0.29) is 35.7 Å². The normalized spacial score (nSPS) is 14.4. The van der Waals surface area contributed by atoms with E-state index in [1.165, 1.54) is 17.4 Å². The maximum Gasteiger partial charge on any atom is 0.387 e. The molecule has 5 rings (SSSR count). The van der Waals surface area contributed by atoms with Gasteiger partial charge >= 0.3 is 6.61 Å². The summed E-state index contributed by atoms with van der Waals surface area (Å²) < 4.78 is 35.4. The fourth-order valence-corrected chi connectivity index (χ4v) is 5.25. The van der Waals surface area contributed by atoms with Crippen LogP contribution in [0.3, 0.4) is 0 Å². The van der Waals surface area contributed by atoms with Crippen molar-refractivity contribution in [2.45, 2.75) is 31.9 Å². The predicted octanol–water partition coefficient (Wildman–Crippen LogP) is 5.44.